The predicted octanol–water partition coefficient (Wildman–Crippen LogP) is 3.05. The molecule has 0 atom stereocenters. The Balaban J connectivity index is 2.35. The van der Waals surface area contributed by atoms with Crippen molar-refractivity contribution < 1.29 is 9.47 Å². The molecule has 0 radical (unpaired) electrons. The molecule has 0 spiro atoms. The summed E-state index contributed by atoms with van der Waals surface area (Å²) >= 11 is 0. The first-order valence-electron chi connectivity index (χ1n) is 5.57. The molecule has 0 heterocycles. The van der Waals surface area contributed by atoms with Gasteiger partial charge >= 0.3 is 0 Å². The van der Waals surface area contributed by atoms with Crippen LogP contribution in [0.1, 0.15) is 25.3 Å². The van der Waals surface area contributed by atoms with Gasteiger partial charge in [-0.25, -0.2) is 0 Å². The minimum atomic E-state index is 0.616. The highest BCUT2D eigenvalue weighted by molar-refractivity contribution is 5.27. The van der Waals surface area contributed by atoms with E-state index in [1.165, 1.54) is 18.4 Å². The molecule has 0 aliphatic rings. The van der Waals surface area contributed by atoms with Gasteiger partial charge in [-0.2, -0.15) is 0 Å². The van der Waals surface area contributed by atoms with E-state index in [0.717, 1.165) is 12.2 Å². The van der Waals surface area contributed by atoms with Crippen LogP contribution >= 0.6 is 0 Å². The maximum Gasteiger partial charge on any atom is 0.119 e. The zero-order valence-corrected chi connectivity index (χ0v) is 9.66. The van der Waals surface area contributed by atoms with Crippen molar-refractivity contribution in [2.75, 3.05) is 20.3 Å². The highest BCUT2D eigenvalue weighted by atomic mass is 16.5. The molecule has 15 heavy (non-hydrogen) atoms. The van der Waals surface area contributed by atoms with Crippen molar-refractivity contribution in [3.63, 3.8) is 0 Å². The van der Waals surface area contributed by atoms with Crippen LogP contribution in [0.15, 0.2) is 24.3 Å². The third-order valence-electron chi connectivity index (χ3n) is 2.30. The lowest BCUT2D eigenvalue weighted by molar-refractivity contribution is 0.146. The molecule has 2 heteroatoms. The summed E-state index contributed by atoms with van der Waals surface area (Å²) in [7, 11) is 1.68. The molecule has 1 aromatic carbocycles. The van der Waals surface area contributed by atoms with Crippen molar-refractivity contribution in [1.29, 1.82) is 0 Å². The largest absolute Gasteiger partial charge is 0.491 e. The third kappa shape index (κ3) is 4.84. The average molecular weight is 208 g/mol. The van der Waals surface area contributed by atoms with Gasteiger partial charge in [0.25, 0.3) is 0 Å². The Bertz CT molecular complexity index is 254. The van der Waals surface area contributed by atoms with E-state index in [4.69, 9.17) is 9.47 Å². The van der Waals surface area contributed by atoms with Crippen molar-refractivity contribution in [3.8, 4) is 5.75 Å². The van der Waals surface area contributed by atoms with E-state index < -0.39 is 0 Å². The number of unbranched alkanes of at least 4 members (excludes halogenated alkanes) is 1. The van der Waals surface area contributed by atoms with Gasteiger partial charge in [0, 0.05) is 7.11 Å². The first-order valence-corrected chi connectivity index (χ1v) is 5.57. The number of rotatable bonds is 7. The van der Waals surface area contributed by atoms with Crippen LogP contribution in [-0.2, 0) is 11.2 Å². The molecule has 0 aliphatic heterocycles. The lowest BCUT2D eigenvalue weighted by Crippen LogP contribution is -2.04. The average Bonchev–Trinajstić information content (AvgIpc) is 2.28. The fourth-order valence-electron chi connectivity index (χ4n) is 1.38. The molecule has 0 amide bonds. The van der Waals surface area contributed by atoms with Crippen LogP contribution in [0.4, 0.5) is 0 Å². The number of aryl methyl sites for hydroxylation is 1. The fraction of sp³-hybridized carbons (Fsp3) is 0.538. The van der Waals surface area contributed by atoms with Crippen LogP contribution in [0.25, 0.3) is 0 Å². The first kappa shape index (κ1) is 12.1. The van der Waals surface area contributed by atoms with Crippen molar-refractivity contribution in [2.45, 2.75) is 26.2 Å². The third-order valence-corrected chi connectivity index (χ3v) is 2.30. The number of benzene rings is 1. The van der Waals surface area contributed by atoms with Gasteiger partial charge in [-0.15, -0.1) is 0 Å². The summed E-state index contributed by atoms with van der Waals surface area (Å²) in [6, 6.07) is 8.33. The van der Waals surface area contributed by atoms with E-state index in [0.29, 0.717) is 13.2 Å². The lowest BCUT2D eigenvalue weighted by Gasteiger charge is -2.06. The second kappa shape index (κ2) is 7.30. The summed E-state index contributed by atoms with van der Waals surface area (Å²) in [5, 5.41) is 0. The minimum absolute atomic E-state index is 0.616. The Morgan fingerprint density at radius 1 is 1.07 bits per heavy atom. The Kier molecular flexibility index (Phi) is 5.86. The van der Waals surface area contributed by atoms with Crippen LogP contribution in [0.5, 0.6) is 5.75 Å². The highest BCUT2D eigenvalue weighted by Gasteiger charge is 1.95. The fourth-order valence-corrected chi connectivity index (χ4v) is 1.38. The Hall–Kier alpha value is -1.02. The Morgan fingerprint density at radius 3 is 2.40 bits per heavy atom. The monoisotopic (exact) mass is 208 g/mol. The molecule has 0 aromatic heterocycles. The summed E-state index contributed by atoms with van der Waals surface area (Å²) in [5.41, 5.74) is 1.39. The van der Waals surface area contributed by atoms with Crippen molar-refractivity contribution in [3.05, 3.63) is 29.8 Å². The topological polar surface area (TPSA) is 18.5 Å². The molecule has 2 nitrogen and oxygen atoms in total. The van der Waals surface area contributed by atoms with E-state index in [-0.39, 0.29) is 0 Å². The maximum atomic E-state index is 5.48. The Labute approximate surface area is 92.2 Å². The van der Waals surface area contributed by atoms with Gasteiger partial charge in [0.2, 0.25) is 0 Å². The predicted molar refractivity (Wildman–Crippen MR) is 62.4 cm³/mol. The lowest BCUT2D eigenvalue weighted by atomic mass is 10.1. The van der Waals surface area contributed by atoms with E-state index in [1.807, 2.05) is 12.1 Å². The normalized spacial score (nSPS) is 10.3. The van der Waals surface area contributed by atoms with Crippen molar-refractivity contribution >= 4 is 0 Å². The molecule has 0 saturated heterocycles. The molecular formula is C13H20O2. The van der Waals surface area contributed by atoms with Crippen molar-refractivity contribution in [2.24, 2.45) is 0 Å². The zero-order chi connectivity index (χ0) is 10.9. The number of hydrogen-bond donors (Lipinski definition) is 0. The van der Waals surface area contributed by atoms with E-state index in [1.54, 1.807) is 7.11 Å². The summed E-state index contributed by atoms with van der Waals surface area (Å²) in [5.74, 6) is 0.923. The van der Waals surface area contributed by atoms with Crippen LogP contribution < -0.4 is 4.74 Å². The highest BCUT2D eigenvalue weighted by Crippen LogP contribution is 2.13. The SMILES string of the molecule is CCCCc1ccc(OCCOC)cc1. The van der Waals surface area contributed by atoms with E-state index >= 15 is 0 Å². The second-order valence-electron chi connectivity index (χ2n) is 3.59. The van der Waals surface area contributed by atoms with E-state index in [9.17, 15) is 0 Å². The quantitative estimate of drug-likeness (QED) is 0.641. The second-order valence-corrected chi connectivity index (χ2v) is 3.59. The summed E-state index contributed by atoms with van der Waals surface area (Å²) in [6.07, 6.45) is 3.66. The molecule has 1 aromatic rings. The first-order chi connectivity index (χ1) is 7.36. The molecule has 0 aliphatic carbocycles. The van der Waals surface area contributed by atoms with Gasteiger partial charge in [-0.05, 0) is 30.5 Å². The molecule has 0 saturated carbocycles. The van der Waals surface area contributed by atoms with Crippen LogP contribution in [-0.4, -0.2) is 20.3 Å². The smallest absolute Gasteiger partial charge is 0.119 e. The zero-order valence-electron chi connectivity index (χ0n) is 9.66. The number of ether oxygens (including phenoxy) is 2. The van der Waals surface area contributed by atoms with Gasteiger partial charge < -0.3 is 9.47 Å². The van der Waals surface area contributed by atoms with Crippen molar-refractivity contribution in [1.82, 2.24) is 0 Å². The molecule has 1 rings (SSSR count). The van der Waals surface area contributed by atoms with E-state index in [2.05, 4.69) is 19.1 Å². The molecule has 0 unspecified atom stereocenters. The molecule has 0 bridgehead atoms. The minimum Gasteiger partial charge on any atom is -0.491 e. The molecular weight excluding hydrogens is 188 g/mol. The Morgan fingerprint density at radius 2 is 1.80 bits per heavy atom. The molecule has 0 N–H and O–H groups in total. The van der Waals surface area contributed by atoms with Crippen LogP contribution in [0, 0.1) is 0 Å². The van der Waals surface area contributed by atoms with Gasteiger partial charge in [-0.3, -0.25) is 0 Å². The summed E-state index contributed by atoms with van der Waals surface area (Å²) in [4.78, 5) is 0. The number of hydrogen-bond acceptors (Lipinski definition) is 2. The van der Waals surface area contributed by atoms with Gasteiger partial charge in [0.05, 0.1) is 6.61 Å². The summed E-state index contributed by atoms with van der Waals surface area (Å²) in [6.45, 7) is 3.46. The van der Waals surface area contributed by atoms with Gasteiger partial charge in [-0.1, -0.05) is 25.5 Å². The molecule has 0 fully saturated rings. The number of methoxy groups -OCH3 is 1. The molecule has 84 valence electrons. The van der Waals surface area contributed by atoms with Crippen LogP contribution in [0.2, 0.25) is 0 Å². The standard InChI is InChI=1S/C13H20O2/c1-3-4-5-12-6-8-13(9-7-12)15-11-10-14-2/h6-9H,3-5,10-11H2,1-2H3. The van der Waals surface area contributed by atoms with Gasteiger partial charge in [0.15, 0.2) is 0 Å². The van der Waals surface area contributed by atoms with Crippen LogP contribution in [0.3, 0.4) is 0 Å². The summed E-state index contributed by atoms with van der Waals surface area (Å²) < 4.78 is 10.4. The van der Waals surface area contributed by atoms with Gasteiger partial charge in [0.1, 0.15) is 12.4 Å². The maximum absolute atomic E-state index is 5.48.